The van der Waals surface area contributed by atoms with E-state index in [9.17, 15) is 14.9 Å². The summed E-state index contributed by atoms with van der Waals surface area (Å²) in [5, 5.41) is 10.9. The molecule has 2 heterocycles. The van der Waals surface area contributed by atoms with Gasteiger partial charge < -0.3 is 14.5 Å². The molecule has 0 spiro atoms. The van der Waals surface area contributed by atoms with Crippen molar-refractivity contribution in [1.29, 1.82) is 0 Å². The van der Waals surface area contributed by atoms with Crippen molar-refractivity contribution >= 4 is 17.4 Å². The summed E-state index contributed by atoms with van der Waals surface area (Å²) in [6, 6.07) is 9.29. The quantitative estimate of drug-likeness (QED) is 0.562. The molecule has 1 aromatic carbocycles. The minimum absolute atomic E-state index is 0.0142. The highest BCUT2D eigenvalue weighted by atomic mass is 16.6. The lowest BCUT2D eigenvalue weighted by Crippen LogP contribution is -2.50. The van der Waals surface area contributed by atoms with Gasteiger partial charge in [-0.25, -0.2) is 4.98 Å². The van der Waals surface area contributed by atoms with Gasteiger partial charge in [-0.2, -0.15) is 0 Å². The number of ether oxygens (including phenoxy) is 1. The number of benzene rings is 1. The predicted octanol–water partition coefficient (Wildman–Crippen LogP) is 2.59. The summed E-state index contributed by atoms with van der Waals surface area (Å²) in [6.07, 6.45) is 2.24. The van der Waals surface area contributed by atoms with Crippen molar-refractivity contribution in [2.24, 2.45) is 0 Å². The van der Waals surface area contributed by atoms with E-state index in [0.717, 1.165) is 17.8 Å². The van der Waals surface area contributed by atoms with Crippen LogP contribution in [0.2, 0.25) is 0 Å². The van der Waals surface area contributed by atoms with Gasteiger partial charge in [-0.15, -0.1) is 0 Å². The number of anilines is 1. The molecule has 8 nitrogen and oxygen atoms in total. The predicted molar refractivity (Wildman–Crippen MR) is 106 cm³/mol. The molecule has 2 aromatic rings. The van der Waals surface area contributed by atoms with Crippen LogP contribution in [0.5, 0.6) is 5.75 Å². The number of hydrogen-bond donors (Lipinski definition) is 0. The van der Waals surface area contributed by atoms with Crippen LogP contribution in [0.4, 0.5) is 11.5 Å². The van der Waals surface area contributed by atoms with E-state index in [1.165, 1.54) is 17.8 Å². The van der Waals surface area contributed by atoms with Crippen LogP contribution < -0.4 is 9.64 Å². The lowest BCUT2D eigenvalue weighted by Gasteiger charge is -2.35. The van der Waals surface area contributed by atoms with Gasteiger partial charge in [-0.1, -0.05) is 19.1 Å². The van der Waals surface area contributed by atoms with Gasteiger partial charge in [-0.05, 0) is 36.6 Å². The molecule has 1 aromatic heterocycles. The Morgan fingerprint density at radius 1 is 1.21 bits per heavy atom. The minimum Gasteiger partial charge on any atom is -0.484 e. The smallest absolute Gasteiger partial charge is 0.287 e. The van der Waals surface area contributed by atoms with Gasteiger partial charge in [-0.3, -0.25) is 14.9 Å². The van der Waals surface area contributed by atoms with Crippen molar-refractivity contribution in [2.75, 3.05) is 37.7 Å². The van der Waals surface area contributed by atoms with Crippen LogP contribution in [0.1, 0.15) is 18.1 Å². The van der Waals surface area contributed by atoms with Gasteiger partial charge >= 0.3 is 0 Å². The van der Waals surface area contributed by atoms with Crippen LogP contribution in [0.25, 0.3) is 0 Å². The maximum Gasteiger partial charge on any atom is 0.287 e. The number of carbonyl (C=O) groups is 1. The SMILES string of the molecule is CCc1ccc(OCC(=O)N2CCN(c3ncc([N+](=O)[O-])cc3C)CC2)cc1. The Labute approximate surface area is 163 Å². The highest BCUT2D eigenvalue weighted by Gasteiger charge is 2.23. The molecule has 0 saturated carbocycles. The third-order valence-electron chi connectivity index (χ3n) is 4.87. The zero-order chi connectivity index (χ0) is 20.1. The highest BCUT2D eigenvalue weighted by Crippen LogP contribution is 2.22. The first-order valence-corrected chi connectivity index (χ1v) is 9.33. The summed E-state index contributed by atoms with van der Waals surface area (Å²) in [5.41, 5.74) is 1.97. The standard InChI is InChI=1S/C20H24N4O4/c1-3-16-4-6-18(7-5-16)28-14-19(25)22-8-10-23(11-9-22)20-15(2)12-17(13-21-20)24(26)27/h4-7,12-13H,3,8-11,14H2,1-2H3. The van der Waals surface area contributed by atoms with Crippen LogP contribution >= 0.6 is 0 Å². The Bertz CT molecular complexity index is 846. The minimum atomic E-state index is -0.448. The summed E-state index contributed by atoms with van der Waals surface area (Å²) in [6.45, 7) is 6.30. The maximum absolute atomic E-state index is 12.4. The lowest BCUT2D eigenvalue weighted by atomic mass is 10.2. The molecule has 0 unspecified atom stereocenters. The van der Waals surface area contributed by atoms with Crippen LogP contribution in [-0.4, -0.2) is 53.5 Å². The van der Waals surface area contributed by atoms with Crippen molar-refractivity contribution in [2.45, 2.75) is 20.3 Å². The monoisotopic (exact) mass is 384 g/mol. The second kappa shape index (κ2) is 8.69. The van der Waals surface area contributed by atoms with Gasteiger partial charge in [0.05, 0.1) is 4.92 Å². The molecule has 1 aliphatic heterocycles. The first-order chi connectivity index (χ1) is 13.5. The average molecular weight is 384 g/mol. The van der Waals surface area contributed by atoms with E-state index in [1.807, 2.05) is 36.1 Å². The van der Waals surface area contributed by atoms with Gasteiger partial charge in [0, 0.05) is 32.2 Å². The number of pyridine rings is 1. The second-order valence-corrected chi connectivity index (χ2v) is 6.75. The van der Waals surface area contributed by atoms with Gasteiger partial charge in [0.2, 0.25) is 0 Å². The first kappa shape index (κ1) is 19.6. The van der Waals surface area contributed by atoms with Crippen LogP contribution in [-0.2, 0) is 11.2 Å². The summed E-state index contributed by atoms with van der Waals surface area (Å²) < 4.78 is 5.61. The molecule has 0 N–H and O–H groups in total. The number of aryl methyl sites for hydroxylation is 2. The number of piperazine rings is 1. The van der Waals surface area contributed by atoms with Crippen molar-refractivity contribution < 1.29 is 14.5 Å². The van der Waals surface area contributed by atoms with E-state index in [1.54, 1.807) is 4.90 Å². The van der Waals surface area contributed by atoms with E-state index in [2.05, 4.69) is 11.9 Å². The van der Waals surface area contributed by atoms with Crippen LogP contribution in [0, 0.1) is 17.0 Å². The summed E-state index contributed by atoms with van der Waals surface area (Å²) in [7, 11) is 0. The molecule has 1 aliphatic rings. The Kier molecular flexibility index (Phi) is 6.08. The number of rotatable bonds is 6. The topological polar surface area (TPSA) is 88.8 Å². The number of nitro groups is 1. The van der Waals surface area contributed by atoms with Gasteiger partial charge in [0.15, 0.2) is 6.61 Å². The largest absolute Gasteiger partial charge is 0.484 e. The molecule has 28 heavy (non-hydrogen) atoms. The fraction of sp³-hybridized carbons (Fsp3) is 0.400. The molecule has 0 aliphatic carbocycles. The Balaban J connectivity index is 1.51. The van der Waals surface area contributed by atoms with E-state index in [0.29, 0.717) is 31.9 Å². The molecule has 1 saturated heterocycles. The molecule has 8 heteroatoms. The number of nitrogens with zero attached hydrogens (tertiary/aromatic N) is 4. The molecule has 0 bridgehead atoms. The molecular weight excluding hydrogens is 360 g/mol. The Morgan fingerprint density at radius 3 is 2.46 bits per heavy atom. The van der Waals surface area contributed by atoms with Gasteiger partial charge in [0.25, 0.3) is 11.6 Å². The average Bonchev–Trinajstić information content (AvgIpc) is 2.72. The number of carbonyl (C=O) groups excluding carboxylic acids is 1. The van der Waals surface area contributed by atoms with E-state index in [-0.39, 0.29) is 18.2 Å². The normalized spacial score (nSPS) is 14.1. The Hall–Kier alpha value is -3.16. The number of amides is 1. The van der Waals surface area contributed by atoms with E-state index >= 15 is 0 Å². The third-order valence-corrected chi connectivity index (χ3v) is 4.87. The molecule has 0 radical (unpaired) electrons. The summed E-state index contributed by atoms with van der Waals surface area (Å²) >= 11 is 0. The summed E-state index contributed by atoms with van der Waals surface area (Å²) in [4.78, 5) is 30.9. The number of aromatic nitrogens is 1. The maximum atomic E-state index is 12.4. The van der Waals surface area contributed by atoms with Crippen molar-refractivity contribution in [1.82, 2.24) is 9.88 Å². The fourth-order valence-electron chi connectivity index (χ4n) is 3.21. The molecule has 1 amide bonds. The molecule has 3 rings (SSSR count). The van der Waals surface area contributed by atoms with E-state index < -0.39 is 4.92 Å². The highest BCUT2D eigenvalue weighted by molar-refractivity contribution is 5.78. The lowest BCUT2D eigenvalue weighted by molar-refractivity contribution is -0.385. The van der Waals surface area contributed by atoms with Crippen molar-refractivity contribution in [3.63, 3.8) is 0 Å². The first-order valence-electron chi connectivity index (χ1n) is 9.33. The van der Waals surface area contributed by atoms with Crippen LogP contribution in [0.3, 0.4) is 0 Å². The van der Waals surface area contributed by atoms with Crippen molar-refractivity contribution in [3.8, 4) is 5.75 Å². The molecule has 1 fully saturated rings. The molecular formula is C20H24N4O4. The zero-order valence-corrected chi connectivity index (χ0v) is 16.1. The summed E-state index contributed by atoms with van der Waals surface area (Å²) in [5.74, 6) is 1.37. The second-order valence-electron chi connectivity index (χ2n) is 6.75. The van der Waals surface area contributed by atoms with Crippen molar-refractivity contribution in [3.05, 3.63) is 57.8 Å². The number of hydrogen-bond acceptors (Lipinski definition) is 6. The molecule has 0 atom stereocenters. The fourth-order valence-corrected chi connectivity index (χ4v) is 3.21. The Morgan fingerprint density at radius 2 is 1.89 bits per heavy atom. The molecule has 148 valence electrons. The van der Waals surface area contributed by atoms with Crippen LogP contribution in [0.15, 0.2) is 36.5 Å². The van der Waals surface area contributed by atoms with E-state index in [4.69, 9.17) is 4.74 Å². The third kappa shape index (κ3) is 4.57. The van der Waals surface area contributed by atoms with Gasteiger partial charge in [0.1, 0.15) is 17.8 Å². The zero-order valence-electron chi connectivity index (χ0n) is 16.1.